The second kappa shape index (κ2) is 3.65. The van der Waals surface area contributed by atoms with Gasteiger partial charge in [-0.2, -0.15) is 0 Å². The fourth-order valence-electron chi connectivity index (χ4n) is 2.51. The van der Waals surface area contributed by atoms with E-state index < -0.39 is 0 Å². The third-order valence-corrected chi connectivity index (χ3v) is 3.43. The van der Waals surface area contributed by atoms with Crippen molar-refractivity contribution >= 4 is 5.78 Å². The Morgan fingerprint density at radius 3 is 3.07 bits per heavy atom. The second-order valence-corrected chi connectivity index (χ2v) is 4.42. The lowest BCUT2D eigenvalue weighted by atomic mass is 9.81. The van der Waals surface area contributed by atoms with Gasteiger partial charge in [-0.25, -0.2) is 0 Å². The molecule has 0 aromatic heterocycles. The van der Waals surface area contributed by atoms with Crippen LogP contribution in [0.25, 0.3) is 0 Å². The molecule has 0 heterocycles. The standard InChI is InChI=1S/C14H16O/c1-3-7-11-10-13(15)14(2)9-6-4-5-8-12(11)14/h3-6,8-9,11H,1,7,10H2,2H3/t11-,14?/m1/s1. The molecule has 2 rings (SSSR count). The van der Waals surface area contributed by atoms with Crippen molar-refractivity contribution in [2.45, 2.75) is 19.8 Å². The maximum Gasteiger partial charge on any atom is 0.147 e. The van der Waals surface area contributed by atoms with Crippen LogP contribution in [0.5, 0.6) is 0 Å². The molecule has 0 aromatic rings. The molecule has 2 aliphatic rings. The molecular weight excluding hydrogens is 184 g/mol. The number of Topliss-reactive ketones (excluding diaryl/α,β-unsaturated/α-hetero) is 1. The normalized spacial score (nSPS) is 33.5. The zero-order chi connectivity index (χ0) is 10.9. The zero-order valence-electron chi connectivity index (χ0n) is 9.07. The molecule has 1 nitrogen and oxygen atoms in total. The quantitative estimate of drug-likeness (QED) is 0.625. The van der Waals surface area contributed by atoms with E-state index in [0.717, 1.165) is 6.42 Å². The molecule has 0 bridgehead atoms. The number of carbonyl (C=O) groups excluding carboxylic acids is 1. The van der Waals surface area contributed by atoms with E-state index in [-0.39, 0.29) is 5.41 Å². The molecule has 1 fully saturated rings. The van der Waals surface area contributed by atoms with Crippen molar-refractivity contribution in [1.82, 2.24) is 0 Å². The summed E-state index contributed by atoms with van der Waals surface area (Å²) in [5.74, 6) is 0.688. The van der Waals surface area contributed by atoms with Crippen molar-refractivity contribution < 1.29 is 4.79 Å². The van der Waals surface area contributed by atoms with E-state index in [0.29, 0.717) is 18.1 Å². The molecule has 1 saturated carbocycles. The van der Waals surface area contributed by atoms with Crippen molar-refractivity contribution in [2.75, 3.05) is 0 Å². The molecule has 2 atom stereocenters. The Morgan fingerprint density at radius 1 is 1.53 bits per heavy atom. The largest absolute Gasteiger partial charge is 0.298 e. The van der Waals surface area contributed by atoms with E-state index in [1.165, 1.54) is 5.57 Å². The number of rotatable bonds is 2. The summed E-state index contributed by atoms with van der Waals surface area (Å²) in [5.41, 5.74) is 0.884. The van der Waals surface area contributed by atoms with Crippen molar-refractivity contribution in [3.63, 3.8) is 0 Å². The van der Waals surface area contributed by atoms with E-state index in [2.05, 4.69) is 12.7 Å². The Bertz CT molecular complexity index is 384. The highest BCUT2D eigenvalue weighted by molar-refractivity contribution is 5.93. The first-order valence-electron chi connectivity index (χ1n) is 5.39. The first-order valence-corrected chi connectivity index (χ1v) is 5.39. The highest BCUT2D eigenvalue weighted by atomic mass is 16.1. The topological polar surface area (TPSA) is 17.1 Å². The number of carbonyl (C=O) groups is 1. The van der Waals surface area contributed by atoms with E-state index in [1.807, 2.05) is 37.3 Å². The Morgan fingerprint density at radius 2 is 2.33 bits per heavy atom. The van der Waals surface area contributed by atoms with E-state index in [4.69, 9.17) is 0 Å². The van der Waals surface area contributed by atoms with Crippen LogP contribution in [0.4, 0.5) is 0 Å². The summed E-state index contributed by atoms with van der Waals surface area (Å²) in [5, 5.41) is 0. The Balaban J connectivity index is 2.43. The number of ketones is 1. The van der Waals surface area contributed by atoms with Gasteiger partial charge in [0.05, 0.1) is 5.41 Å². The average Bonchev–Trinajstić information content (AvgIpc) is 2.40. The Labute approximate surface area is 90.9 Å². The number of hydrogen-bond acceptors (Lipinski definition) is 1. The molecule has 78 valence electrons. The molecule has 1 unspecified atom stereocenters. The van der Waals surface area contributed by atoms with Gasteiger partial charge in [0.2, 0.25) is 0 Å². The van der Waals surface area contributed by atoms with Crippen molar-refractivity contribution in [3.05, 3.63) is 48.6 Å². The van der Waals surface area contributed by atoms with Crippen LogP contribution >= 0.6 is 0 Å². The molecule has 0 radical (unpaired) electrons. The maximum absolute atomic E-state index is 12.0. The van der Waals surface area contributed by atoms with E-state index in [1.54, 1.807) is 0 Å². The number of hydrogen-bond donors (Lipinski definition) is 0. The zero-order valence-corrected chi connectivity index (χ0v) is 9.07. The SMILES string of the molecule is C=CC[C@@H]1CC(=O)C2(C)C=CC=CC=C12. The minimum atomic E-state index is -0.364. The lowest BCUT2D eigenvalue weighted by Crippen LogP contribution is -2.20. The summed E-state index contributed by atoms with van der Waals surface area (Å²) in [6, 6.07) is 0. The van der Waals surface area contributed by atoms with Crippen LogP contribution < -0.4 is 0 Å². The van der Waals surface area contributed by atoms with E-state index >= 15 is 0 Å². The highest BCUT2D eigenvalue weighted by Crippen LogP contribution is 2.46. The first-order chi connectivity index (χ1) is 7.18. The summed E-state index contributed by atoms with van der Waals surface area (Å²) in [4.78, 5) is 12.0. The third-order valence-electron chi connectivity index (χ3n) is 3.43. The summed E-state index contributed by atoms with van der Waals surface area (Å²) in [6.45, 7) is 5.78. The van der Waals surface area contributed by atoms with E-state index in [9.17, 15) is 4.79 Å². The Hall–Kier alpha value is -1.37. The molecule has 2 aliphatic carbocycles. The predicted molar refractivity (Wildman–Crippen MR) is 62.4 cm³/mol. The van der Waals surface area contributed by atoms with Crippen LogP contribution in [0.1, 0.15) is 19.8 Å². The summed E-state index contributed by atoms with van der Waals surface area (Å²) in [7, 11) is 0. The molecular formula is C14H16O. The fourth-order valence-corrected chi connectivity index (χ4v) is 2.51. The molecule has 1 heteroatoms. The fraction of sp³-hybridized carbons (Fsp3) is 0.357. The van der Waals surface area contributed by atoms with Gasteiger partial charge in [-0.15, -0.1) is 6.58 Å². The number of fused-ring (bicyclic) bond motifs is 1. The summed E-state index contributed by atoms with van der Waals surface area (Å²) >= 11 is 0. The van der Waals surface area contributed by atoms with Crippen LogP contribution in [0.3, 0.4) is 0 Å². The van der Waals surface area contributed by atoms with Crippen LogP contribution in [-0.4, -0.2) is 5.78 Å². The van der Waals surface area contributed by atoms with Crippen molar-refractivity contribution in [2.24, 2.45) is 11.3 Å². The molecule has 0 aromatic carbocycles. The van der Waals surface area contributed by atoms with Crippen LogP contribution in [-0.2, 0) is 4.79 Å². The molecule has 0 amide bonds. The lowest BCUT2D eigenvalue weighted by molar-refractivity contribution is -0.122. The van der Waals surface area contributed by atoms with Gasteiger partial charge in [-0.3, -0.25) is 4.79 Å². The van der Waals surface area contributed by atoms with Crippen LogP contribution in [0.2, 0.25) is 0 Å². The highest BCUT2D eigenvalue weighted by Gasteiger charge is 2.44. The van der Waals surface area contributed by atoms with Gasteiger partial charge in [0.1, 0.15) is 5.78 Å². The molecule has 0 spiro atoms. The van der Waals surface area contributed by atoms with Gasteiger partial charge >= 0.3 is 0 Å². The Kier molecular flexibility index (Phi) is 2.47. The second-order valence-electron chi connectivity index (χ2n) is 4.42. The van der Waals surface area contributed by atoms with Crippen molar-refractivity contribution in [3.8, 4) is 0 Å². The lowest BCUT2D eigenvalue weighted by Gasteiger charge is -2.21. The minimum absolute atomic E-state index is 0.334. The third kappa shape index (κ3) is 1.52. The smallest absolute Gasteiger partial charge is 0.147 e. The minimum Gasteiger partial charge on any atom is -0.298 e. The van der Waals surface area contributed by atoms with Gasteiger partial charge in [0.15, 0.2) is 0 Å². The first kappa shape index (κ1) is 10.2. The van der Waals surface area contributed by atoms with Gasteiger partial charge < -0.3 is 0 Å². The average molecular weight is 200 g/mol. The molecule has 0 N–H and O–H groups in total. The summed E-state index contributed by atoms with van der Waals surface area (Å²) in [6.07, 6.45) is 13.6. The predicted octanol–water partition coefficient (Wildman–Crippen LogP) is 3.21. The maximum atomic E-state index is 12.0. The monoisotopic (exact) mass is 200 g/mol. The van der Waals surface area contributed by atoms with Crippen LogP contribution in [0.15, 0.2) is 48.6 Å². The molecule has 15 heavy (non-hydrogen) atoms. The molecule has 0 saturated heterocycles. The number of allylic oxidation sites excluding steroid dienone is 7. The van der Waals surface area contributed by atoms with Gasteiger partial charge in [0.25, 0.3) is 0 Å². The van der Waals surface area contributed by atoms with Crippen LogP contribution in [0, 0.1) is 11.3 Å². The van der Waals surface area contributed by atoms with Gasteiger partial charge in [-0.1, -0.05) is 36.5 Å². The summed E-state index contributed by atoms with van der Waals surface area (Å²) < 4.78 is 0. The van der Waals surface area contributed by atoms with Gasteiger partial charge in [0, 0.05) is 6.42 Å². The van der Waals surface area contributed by atoms with Crippen molar-refractivity contribution in [1.29, 1.82) is 0 Å². The van der Waals surface area contributed by atoms with Gasteiger partial charge in [-0.05, 0) is 24.8 Å². The molecule has 0 aliphatic heterocycles.